The summed E-state index contributed by atoms with van der Waals surface area (Å²) in [6.07, 6.45) is 0.189. The van der Waals surface area contributed by atoms with Crippen LogP contribution in [0.4, 0.5) is 4.79 Å². The first kappa shape index (κ1) is 14.3. The zero-order chi connectivity index (χ0) is 12.1. The van der Waals surface area contributed by atoms with E-state index in [4.69, 9.17) is 9.47 Å². The molecule has 0 amide bonds. The smallest absolute Gasteiger partial charge is 0.434 e. The molecule has 1 unspecified atom stereocenters. The highest BCUT2D eigenvalue weighted by atomic mass is 16.7. The summed E-state index contributed by atoms with van der Waals surface area (Å²) in [6.45, 7) is 12.6. The molecular weight excluding hydrogens is 192 g/mol. The minimum Gasteiger partial charge on any atom is -0.434 e. The van der Waals surface area contributed by atoms with Crippen LogP contribution in [0.2, 0.25) is 0 Å². The first-order chi connectivity index (χ1) is 6.70. The van der Waals surface area contributed by atoms with Gasteiger partial charge in [-0.1, -0.05) is 34.6 Å². The van der Waals surface area contributed by atoms with Crippen LogP contribution in [0, 0.1) is 11.3 Å². The number of hydrogen-bond acceptors (Lipinski definition) is 3. The van der Waals surface area contributed by atoms with Crippen molar-refractivity contribution in [2.45, 2.75) is 54.1 Å². The van der Waals surface area contributed by atoms with Crippen molar-refractivity contribution >= 4 is 6.16 Å². The molecule has 0 heterocycles. The Kier molecular flexibility index (Phi) is 5.69. The maximum absolute atomic E-state index is 11.2. The van der Waals surface area contributed by atoms with Gasteiger partial charge in [0.25, 0.3) is 0 Å². The molecule has 90 valence electrons. The second kappa shape index (κ2) is 5.99. The standard InChI is InChI=1S/C12H24O3/c1-9(2)8-14-11(13)15-10(3)7-12(4,5)6/h9-10H,7-8H2,1-6H3. The Morgan fingerprint density at radius 1 is 1.20 bits per heavy atom. The SMILES string of the molecule is CC(C)COC(=O)OC(C)CC(C)(C)C. The first-order valence-electron chi connectivity index (χ1n) is 5.54. The molecule has 0 bridgehead atoms. The monoisotopic (exact) mass is 216 g/mol. The van der Waals surface area contributed by atoms with Gasteiger partial charge in [-0.25, -0.2) is 4.79 Å². The van der Waals surface area contributed by atoms with Crippen LogP contribution in [0.1, 0.15) is 48.0 Å². The van der Waals surface area contributed by atoms with Gasteiger partial charge in [-0.15, -0.1) is 0 Å². The van der Waals surface area contributed by atoms with Crippen LogP contribution in [-0.2, 0) is 9.47 Å². The van der Waals surface area contributed by atoms with Crippen LogP contribution in [0.15, 0.2) is 0 Å². The largest absolute Gasteiger partial charge is 0.508 e. The van der Waals surface area contributed by atoms with E-state index in [-0.39, 0.29) is 11.5 Å². The molecule has 15 heavy (non-hydrogen) atoms. The minimum absolute atomic E-state index is 0.0929. The fourth-order valence-electron chi connectivity index (χ4n) is 1.34. The molecule has 0 rings (SSSR count). The predicted molar refractivity (Wildman–Crippen MR) is 60.8 cm³/mol. The third-order valence-corrected chi connectivity index (χ3v) is 1.73. The fraction of sp³-hybridized carbons (Fsp3) is 0.917. The summed E-state index contributed by atoms with van der Waals surface area (Å²) in [4.78, 5) is 11.2. The molecule has 0 saturated carbocycles. The van der Waals surface area contributed by atoms with Gasteiger partial charge in [0.2, 0.25) is 0 Å². The normalized spacial score (nSPS) is 13.8. The molecule has 0 aliphatic rings. The number of ether oxygens (including phenoxy) is 2. The molecule has 0 saturated heterocycles. The Morgan fingerprint density at radius 2 is 1.73 bits per heavy atom. The third kappa shape index (κ3) is 9.57. The molecule has 0 N–H and O–H groups in total. The number of carbonyl (C=O) groups is 1. The zero-order valence-corrected chi connectivity index (χ0v) is 10.8. The van der Waals surface area contributed by atoms with Crippen LogP contribution >= 0.6 is 0 Å². The summed E-state index contributed by atoms with van der Waals surface area (Å²) < 4.78 is 10.0. The molecule has 0 aliphatic heterocycles. The van der Waals surface area contributed by atoms with Crippen LogP contribution in [0.25, 0.3) is 0 Å². The number of hydrogen-bond donors (Lipinski definition) is 0. The van der Waals surface area contributed by atoms with Crippen molar-refractivity contribution in [2.75, 3.05) is 6.61 Å². The third-order valence-electron chi connectivity index (χ3n) is 1.73. The predicted octanol–water partition coefficient (Wildman–Crippen LogP) is 3.62. The van der Waals surface area contributed by atoms with Gasteiger partial charge in [-0.05, 0) is 24.7 Å². The second-order valence-corrected chi connectivity index (χ2v) is 5.65. The number of rotatable bonds is 4. The lowest BCUT2D eigenvalue weighted by Gasteiger charge is -2.22. The molecule has 0 fully saturated rings. The maximum atomic E-state index is 11.2. The molecule has 0 aliphatic carbocycles. The van der Waals surface area contributed by atoms with Gasteiger partial charge < -0.3 is 9.47 Å². The van der Waals surface area contributed by atoms with Crippen molar-refractivity contribution in [1.29, 1.82) is 0 Å². The second-order valence-electron chi connectivity index (χ2n) is 5.65. The van der Waals surface area contributed by atoms with Crippen molar-refractivity contribution < 1.29 is 14.3 Å². The van der Waals surface area contributed by atoms with E-state index in [9.17, 15) is 4.79 Å². The highest BCUT2D eigenvalue weighted by molar-refractivity contribution is 5.60. The lowest BCUT2D eigenvalue weighted by Crippen LogP contribution is -2.22. The van der Waals surface area contributed by atoms with E-state index in [1.54, 1.807) is 0 Å². The van der Waals surface area contributed by atoms with E-state index in [1.807, 2.05) is 20.8 Å². The van der Waals surface area contributed by atoms with Crippen molar-refractivity contribution in [1.82, 2.24) is 0 Å². The van der Waals surface area contributed by atoms with Crippen LogP contribution < -0.4 is 0 Å². The quantitative estimate of drug-likeness (QED) is 0.673. The van der Waals surface area contributed by atoms with Crippen LogP contribution in [-0.4, -0.2) is 18.9 Å². The molecule has 0 spiro atoms. The lowest BCUT2D eigenvalue weighted by atomic mass is 9.90. The summed E-state index contributed by atoms with van der Waals surface area (Å²) in [5.74, 6) is 0.343. The van der Waals surface area contributed by atoms with Crippen LogP contribution in [0.5, 0.6) is 0 Å². The molecule has 3 heteroatoms. The van der Waals surface area contributed by atoms with Gasteiger partial charge in [-0.2, -0.15) is 0 Å². The lowest BCUT2D eigenvalue weighted by molar-refractivity contribution is 0.0117. The fourth-order valence-corrected chi connectivity index (χ4v) is 1.34. The van der Waals surface area contributed by atoms with Crippen molar-refractivity contribution in [3.8, 4) is 0 Å². The van der Waals surface area contributed by atoms with Gasteiger partial charge in [0.05, 0.1) is 6.61 Å². The van der Waals surface area contributed by atoms with Gasteiger partial charge in [0.1, 0.15) is 6.10 Å². The van der Waals surface area contributed by atoms with Gasteiger partial charge in [0.15, 0.2) is 0 Å². The van der Waals surface area contributed by atoms with E-state index in [0.717, 1.165) is 6.42 Å². The Morgan fingerprint density at radius 3 is 2.13 bits per heavy atom. The maximum Gasteiger partial charge on any atom is 0.508 e. The summed E-state index contributed by atoms with van der Waals surface area (Å²) >= 11 is 0. The van der Waals surface area contributed by atoms with E-state index in [2.05, 4.69) is 20.8 Å². The molecule has 1 atom stereocenters. The Hall–Kier alpha value is -0.730. The Bertz CT molecular complexity index is 192. The van der Waals surface area contributed by atoms with Gasteiger partial charge in [-0.3, -0.25) is 0 Å². The summed E-state index contributed by atoms with van der Waals surface area (Å²) in [6, 6.07) is 0. The van der Waals surface area contributed by atoms with Gasteiger partial charge >= 0.3 is 6.16 Å². The van der Waals surface area contributed by atoms with Crippen molar-refractivity contribution in [3.05, 3.63) is 0 Å². The average molecular weight is 216 g/mol. The molecular formula is C12H24O3. The molecule has 0 aromatic rings. The number of carbonyl (C=O) groups excluding carboxylic acids is 1. The van der Waals surface area contributed by atoms with Crippen molar-refractivity contribution in [3.63, 3.8) is 0 Å². The zero-order valence-electron chi connectivity index (χ0n) is 10.8. The average Bonchev–Trinajstić information content (AvgIpc) is 1.96. The summed E-state index contributed by atoms with van der Waals surface area (Å²) in [5, 5.41) is 0. The van der Waals surface area contributed by atoms with E-state index in [0.29, 0.717) is 12.5 Å². The topological polar surface area (TPSA) is 35.5 Å². The van der Waals surface area contributed by atoms with E-state index >= 15 is 0 Å². The van der Waals surface area contributed by atoms with E-state index in [1.165, 1.54) is 0 Å². The molecule has 3 nitrogen and oxygen atoms in total. The molecule has 0 radical (unpaired) electrons. The summed E-state index contributed by atoms with van der Waals surface area (Å²) in [5.41, 5.74) is 0.164. The molecule has 0 aromatic carbocycles. The molecule has 0 aromatic heterocycles. The Balaban J connectivity index is 3.77. The van der Waals surface area contributed by atoms with Crippen LogP contribution in [0.3, 0.4) is 0 Å². The van der Waals surface area contributed by atoms with Gasteiger partial charge in [0, 0.05) is 0 Å². The highest BCUT2D eigenvalue weighted by Crippen LogP contribution is 2.22. The van der Waals surface area contributed by atoms with E-state index < -0.39 is 6.16 Å². The van der Waals surface area contributed by atoms with Crippen molar-refractivity contribution in [2.24, 2.45) is 11.3 Å². The minimum atomic E-state index is -0.555. The Labute approximate surface area is 93.1 Å². The summed E-state index contributed by atoms with van der Waals surface area (Å²) in [7, 11) is 0. The first-order valence-corrected chi connectivity index (χ1v) is 5.54. The highest BCUT2D eigenvalue weighted by Gasteiger charge is 2.19.